The Kier molecular flexibility index (Phi) is 6.48. The van der Waals surface area contributed by atoms with Gasteiger partial charge in [-0.25, -0.2) is 0 Å². The first-order valence-electron chi connectivity index (χ1n) is 15.4. The molecule has 6 fully saturated rings. The molecule has 6 aliphatic carbocycles. The second-order valence-electron chi connectivity index (χ2n) is 13.4. The highest BCUT2D eigenvalue weighted by Crippen LogP contribution is 2.71. The molecule has 176 valence electrons. The lowest BCUT2D eigenvalue weighted by molar-refractivity contribution is -0.119. The van der Waals surface area contributed by atoms with E-state index in [0.29, 0.717) is 0 Å². The molecule has 0 saturated heterocycles. The minimum atomic E-state index is 0.772. The van der Waals surface area contributed by atoms with Crippen LogP contribution in [0.3, 0.4) is 0 Å². The van der Waals surface area contributed by atoms with E-state index >= 15 is 0 Å². The van der Waals surface area contributed by atoms with Crippen LogP contribution in [0.2, 0.25) is 0 Å². The van der Waals surface area contributed by atoms with Crippen molar-refractivity contribution in [3.05, 3.63) is 0 Å². The standard InChI is InChI=1S/C31H52/c1-3-13-23(14-4-1)31(25-17-7-8-18-25,24-15-5-2-6-16-24)30-28-21-11-9-19-26(28)27-20-10-12-22-29(27)30/h23-30H,1-22H2. The van der Waals surface area contributed by atoms with Gasteiger partial charge in [-0.15, -0.1) is 0 Å². The van der Waals surface area contributed by atoms with Crippen molar-refractivity contribution in [1.29, 1.82) is 0 Å². The van der Waals surface area contributed by atoms with Crippen LogP contribution in [0.4, 0.5) is 0 Å². The molecule has 0 aliphatic heterocycles. The van der Waals surface area contributed by atoms with Gasteiger partial charge in [0.15, 0.2) is 0 Å². The van der Waals surface area contributed by atoms with E-state index in [9.17, 15) is 0 Å². The van der Waals surface area contributed by atoms with Gasteiger partial charge in [0, 0.05) is 0 Å². The molecule has 0 aromatic heterocycles. The molecule has 0 aromatic rings. The maximum absolute atomic E-state index is 1.64. The largest absolute Gasteiger partial charge is 0.0533 e. The summed E-state index contributed by atoms with van der Waals surface area (Å²) in [6.45, 7) is 0. The molecule has 6 rings (SSSR count). The average molecular weight is 425 g/mol. The minimum absolute atomic E-state index is 0.772. The third-order valence-electron chi connectivity index (χ3n) is 12.5. The predicted octanol–water partition coefficient (Wildman–Crippen LogP) is 9.57. The van der Waals surface area contributed by atoms with E-state index in [1.807, 2.05) is 0 Å². The summed E-state index contributed by atoms with van der Waals surface area (Å²) >= 11 is 0. The lowest BCUT2D eigenvalue weighted by Gasteiger charge is -2.60. The molecule has 0 radical (unpaired) electrons. The quantitative estimate of drug-likeness (QED) is 0.421. The maximum Gasteiger partial charge on any atom is -0.0179 e. The van der Waals surface area contributed by atoms with Gasteiger partial charge >= 0.3 is 0 Å². The van der Waals surface area contributed by atoms with Crippen LogP contribution in [-0.4, -0.2) is 0 Å². The van der Waals surface area contributed by atoms with E-state index in [1.165, 1.54) is 0 Å². The molecular formula is C31H52. The Morgan fingerprint density at radius 2 is 0.581 bits per heavy atom. The highest BCUT2D eigenvalue weighted by Gasteiger charge is 2.64. The van der Waals surface area contributed by atoms with Crippen molar-refractivity contribution < 1.29 is 0 Å². The van der Waals surface area contributed by atoms with Gasteiger partial charge in [-0.3, -0.25) is 0 Å². The fourth-order valence-electron chi connectivity index (χ4n) is 11.8. The third-order valence-corrected chi connectivity index (χ3v) is 12.5. The van der Waals surface area contributed by atoms with E-state index in [1.54, 1.807) is 141 Å². The molecule has 4 atom stereocenters. The van der Waals surface area contributed by atoms with Crippen LogP contribution in [-0.2, 0) is 0 Å². The van der Waals surface area contributed by atoms with Crippen LogP contribution in [0.25, 0.3) is 0 Å². The van der Waals surface area contributed by atoms with Gasteiger partial charge in [0.25, 0.3) is 0 Å². The summed E-state index contributed by atoms with van der Waals surface area (Å²) in [5, 5.41) is 0. The van der Waals surface area contributed by atoms with Crippen molar-refractivity contribution in [2.45, 2.75) is 141 Å². The molecular weight excluding hydrogens is 372 g/mol. The second kappa shape index (κ2) is 9.33. The van der Waals surface area contributed by atoms with E-state index in [0.717, 1.165) is 52.8 Å². The summed E-state index contributed by atoms with van der Waals surface area (Å²) in [6.07, 6.45) is 35.1. The van der Waals surface area contributed by atoms with E-state index in [-0.39, 0.29) is 0 Å². The van der Waals surface area contributed by atoms with Crippen molar-refractivity contribution in [3.8, 4) is 0 Å². The molecule has 0 heterocycles. The summed E-state index contributed by atoms with van der Waals surface area (Å²) in [6, 6.07) is 0. The summed E-state index contributed by atoms with van der Waals surface area (Å²) < 4.78 is 0. The van der Waals surface area contributed by atoms with Crippen molar-refractivity contribution in [2.75, 3.05) is 0 Å². The van der Waals surface area contributed by atoms with Gasteiger partial charge in [0.05, 0.1) is 0 Å². The molecule has 4 unspecified atom stereocenters. The summed E-state index contributed by atoms with van der Waals surface area (Å²) in [5.74, 6) is 9.08. The normalized spacial score (nSPS) is 41.2. The van der Waals surface area contributed by atoms with Crippen molar-refractivity contribution >= 4 is 0 Å². The molecule has 0 amide bonds. The second-order valence-corrected chi connectivity index (χ2v) is 13.4. The zero-order valence-electron chi connectivity index (χ0n) is 20.7. The zero-order valence-corrected chi connectivity index (χ0v) is 20.7. The maximum atomic E-state index is 1.64. The molecule has 0 bridgehead atoms. The Hall–Kier alpha value is 0. The topological polar surface area (TPSA) is 0 Å². The van der Waals surface area contributed by atoms with Crippen LogP contribution < -0.4 is 0 Å². The Morgan fingerprint density at radius 3 is 0.968 bits per heavy atom. The van der Waals surface area contributed by atoms with E-state index < -0.39 is 0 Å². The SMILES string of the molecule is C1CCC(C(C2CCCCC2)(C2CCCC2)C2C3CCCCC3C3CCCCC32)CC1. The molecule has 6 aliphatic rings. The van der Waals surface area contributed by atoms with Gasteiger partial charge in [-0.05, 0) is 117 Å². The van der Waals surface area contributed by atoms with E-state index in [2.05, 4.69) is 0 Å². The van der Waals surface area contributed by atoms with Crippen LogP contribution in [0.15, 0.2) is 0 Å². The van der Waals surface area contributed by atoms with Crippen molar-refractivity contribution in [3.63, 3.8) is 0 Å². The Morgan fingerprint density at radius 1 is 0.290 bits per heavy atom. The lowest BCUT2D eigenvalue weighted by Crippen LogP contribution is -2.54. The van der Waals surface area contributed by atoms with Crippen LogP contribution in [0.1, 0.15) is 141 Å². The van der Waals surface area contributed by atoms with Crippen LogP contribution in [0.5, 0.6) is 0 Å². The van der Waals surface area contributed by atoms with Gasteiger partial charge < -0.3 is 0 Å². The Bertz CT molecular complexity index is 533. The number of fused-ring (bicyclic) bond motifs is 3. The van der Waals surface area contributed by atoms with Crippen molar-refractivity contribution in [2.24, 2.45) is 52.8 Å². The molecule has 0 N–H and O–H groups in total. The number of hydrogen-bond donors (Lipinski definition) is 0. The van der Waals surface area contributed by atoms with Gasteiger partial charge in [0.2, 0.25) is 0 Å². The molecule has 31 heavy (non-hydrogen) atoms. The number of rotatable bonds is 4. The highest BCUT2D eigenvalue weighted by molar-refractivity contribution is 5.12. The summed E-state index contributed by atoms with van der Waals surface area (Å²) in [5.41, 5.74) is 0.772. The fourth-order valence-corrected chi connectivity index (χ4v) is 11.8. The first kappa shape index (κ1) is 21.5. The molecule has 0 spiro atoms. The molecule has 0 heteroatoms. The minimum Gasteiger partial charge on any atom is -0.0533 e. The van der Waals surface area contributed by atoms with Crippen LogP contribution >= 0.6 is 0 Å². The summed E-state index contributed by atoms with van der Waals surface area (Å²) in [7, 11) is 0. The van der Waals surface area contributed by atoms with Gasteiger partial charge in [-0.1, -0.05) is 77.0 Å². The lowest BCUT2D eigenvalue weighted by atomic mass is 9.44. The predicted molar refractivity (Wildman–Crippen MR) is 132 cm³/mol. The van der Waals surface area contributed by atoms with Crippen LogP contribution in [0, 0.1) is 52.8 Å². The van der Waals surface area contributed by atoms with Gasteiger partial charge in [-0.2, -0.15) is 0 Å². The van der Waals surface area contributed by atoms with E-state index in [4.69, 9.17) is 0 Å². The summed E-state index contributed by atoms with van der Waals surface area (Å²) in [4.78, 5) is 0. The molecule has 0 nitrogen and oxygen atoms in total. The number of hydrogen-bond acceptors (Lipinski definition) is 0. The Labute approximate surface area is 194 Å². The molecule has 6 saturated carbocycles. The molecule has 0 aromatic carbocycles. The first-order chi connectivity index (χ1) is 15.4. The third kappa shape index (κ3) is 3.58. The zero-order chi connectivity index (χ0) is 20.7. The highest BCUT2D eigenvalue weighted by atomic mass is 14.7. The Balaban J connectivity index is 1.47. The average Bonchev–Trinajstić information content (AvgIpc) is 3.49. The monoisotopic (exact) mass is 424 g/mol. The first-order valence-corrected chi connectivity index (χ1v) is 15.4. The fraction of sp³-hybridized carbons (Fsp3) is 1.00. The smallest absolute Gasteiger partial charge is 0.0179 e. The van der Waals surface area contributed by atoms with Gasteiger partial charge in [0.1, 0.15) is 0 Å². The van der Waals surface area contributed by atoms with Crippen molar-refractivity contribution in [1.82, 2.24) is 0 Å².